The van der Waals surface area contributed by atoms with Crippen LogP contribution in [0.3, 0.4) is 0 Å². The van der Waals surface area contributed by atoms with Crippen LogP contribution in [0.4, 0.5) is 0 Å². The first-order valence-electron chi connectivity index (χ1n) is 13.9. The zero-order valence-corrected chi connectivity index (χ0v) is 26.7. The molecule has 2 heteroatoms. The van der Waals surface area contributed by atoms with Gasteiger partial charge in [0, 0.05) is 0 Å². The third-order valence-electron chi connectivity index (χ3n) is 5.64. The molecule has 0 aliphatic rings. The first-order valence-corrected chi connectivity index (χ1v) is 14.9. The van der Waals surface area contributed by atoms with E-state index in [4.69, 9.17) is 0 Å². The maximum absolute atomic E-state index is 3.60. The molecule has 0 saturated heterocycles. The number of fused-ring (bicyclic) bond motifs is 2. The second-order valence-electron chi connectivity index (χ2n) is 8.87. The van der Waals surface area contributed by atoms with Gasteiger partial charge in [-0.1, -0.05) is 110 Å². The first kappa shape index (κ1) is 35.1. The van der Waals surface area contributed by atoms with Crippen LogP contribution in [0.2, 0.25) is 0 Å². The van der Waals surface area contributed by atoms with Crippen molar-refractivity contribution < 1.29 is 21.7 Å². The summed E-state index contributed by atoms with van der Waals surface area (Å²) in [5, 5.41) is 8.12. The summed E-state index contributed by atoms with van der Waals surface area (Å²) in [5.41, 5.74) is 0. The molecule has 0 fully saturated rings. The normalized spacial score (nSPS) is 9.30. The van der Waals surface area contributed by atoms with E-state index >= 15 is 0 Å². The maximum Gasteiger partial charge on any atom is 4.00 e. The van der Waals surface area contributed by atoms with Gasteiger partial charge in [-0.05, 0) is 0 Å². The van der Waals surface area contributed by atoms with Crippen molar-refractivity contribution in [1.82, 2.24) is 0 Å². The molecule has 40 heavy (non-hydrogen) atoms. The molecule has 6 rings (SSSR count). The van der Waals surface area contributed by atoms with E-state index in [0.717, 1.165) is 22.4 Å². The Balaban J connectivity index is 0.000000266. The quantitative estimate of drug-likeness (QED) is 0.145. The van der Waals surface area contributed by atoms with Crippen molar-refractivity contribution in [2.45, 2.75) is 39.5 Å². The number of rotatable bonds is 4. The van der Waals surface area contributed by atoms with Crippen LogP contribution in [0.15, 0.2) is 146 Å². The van der Waals surface area contributed by atoms with Gasteiger partial charge in [-0.15, -0.1) is 59.3 Å². The summed E-state index contributed by atoms with van der Waals surface area (Å²) in [5.74, 6) is 0. The molecule has 0 aliphatic heterocycles. The minimum absolute atomic E-state index is 0. The van der Waals surface area contributed by atoms with Crippen molar-refractivity contribution in [3.05, 3.63) is 159 Å². The molecule has 202 valence electrons. The van der Waals surface area contributed by atoms with Crippen molar-refractivity contribution in [2.75, 3.05) is 0 Å². The van der Waals surface area contributed by atoms with Crippen LogP contribution in [0, 0.1) is 13.8 Å². The van der Waals surface area contributed by atoms with Gasteiger partial charge in [0.1, 0.15) is 9.52 Å². The SMILES string of the molecule is [CH2-]CCC.[CH2-]CCC.[Ti+4].c1ccc([Si]c2ccccc2)cc1.c1ccc2[cH-]ccc2c1.c1ccc2[cH-]ccc2c1. The first-order chi connectivity index (χ1) is 19.2. The van der Waals surface area contributed by atoms with Gasteiger partial charge in [0.2, 0.25) is 0 Å². The molecule has 0 bridgehead atoms. The van der Waals surface area contributed by atoms with E-state index in [-0.39, 0.29) is 21.7 Å². The van der Waals surface area contributed by atoms with Crippen LogP contribution in [0.5, 0.6) is 0 Å². The van der Waals surface area contributed by atoms with E-state index in [9.17, 15) is 0 Å². The second-order valence-corrected chi connectivity index (χ2v) is 10.3. The molecule has 0 unspecified atom stereocenters. The van der Waals surface area contributed by atoms with Gasteiger partial charge < -0.3 is 13.8 Å². The van der Waals surface area contributed by atoms with E-state index in [1.165, 1.54) is 44.8 Å². The Morgan fingerprint density at radius 2 is 0.825 bits per heavy atom. The molecule has 2 radical (unpaired) electrons. The predicted octanol–water partition coefficient (Wildman–Crippen LogP) is 9.70. The van der Waals surface area contributed by atoms with Crippen molar-refractivity contribution >= 4 is 41.4 Å². The Bertz CT molecular complexity index is 1190. The summed E-state index contributed by atoms with van der Waals surface area (Å²) >= 11 is 0. The summed E-state index contributed by atoms with van der Waals surface area (Å²) in [4.78, 5) is 0. The van der Waals surface area contributed by atoms with Gasteiger partial charge in [-0.25, -0.2) is 0 Å². The van der Waals surface area contributed by atoms with Crippen molar-refractivity contribution in [1.29, 1.82) is 0 Å². The van der Waals surface area contributed by atoms with E-state index in [2.05, 4.69) is 173 Å². The van der Waals surface area contributed by atoms with Crippen molar-refractivity contribution in [2.24, 2.45) is 0 Å². The van der Waals surface area contributed by atoms with Crippen LogP contribution in [0.1, 0.15) is 39.5 Å². The molecule has 0 heterocycles. The van der Waals surface area contributed by atoms with E-state index in [1.54, 1.807) is 0 Å². The van der Waals surface area contributed by atoms with Crippen molar-refractivity contribution in [3.8, 4) is 0 Å². The van der Waals surface area contributed by atoms with Crippen LogP contribution in [-0.2, 0) is 21.7 Å². The third-order valence-corrected chi connectivity index (χ3v) is 6.88. The van der Waals surface area contributed by atoms with E-state index in [1.807, 2.05) is 0 Å². The van der Waals surface area contributed by atoms with Gasteiger partial charge in [0.05, 0.1) is 0 Å². The minimum Gasteiger partial charge on any atom is -0.343 e. The largest absolute Gasteiger partial charge is 4.00 e. The summed E-state index contributed by atoms with van der Waals surface area (Å²) < 4.78 is 0. The van der Waals surface area contributed by atoms with Gasteiger partial charge in [-0.3, -0.25) is 0 Å². The molecule has 0 N–H and O–H groups in total. The summed E-state index contributed by atoms with van der Waals surface area (Å²) in [6.07, 6.45) is 4.56. The average Bonchev–Trinajstić information content (AvgIpc) is 3.69. The molecule has 6 aromatic carbocycles. The fourth-order valence-corrected chi connectivity index (χ4v) is 4.40. The fourth-order valence-electron chi connectivity index (χ4n) is 3.35. The second kappa shape index (κ2) is 22.8. The van der Waals surface area contributed by atoms with E-state index < -0.39 is 0 Å². The van der Waals surface area contributed by atoms with Crippen molar-refractivity contribution in [3.63, 3.8) is 0 Å². The van der Waals surface area contributed by atoms with Gasteiger partial charge in [0.25, 0.3) is 0 Å². The number of hydrogen-bond acceptors (Lipinski definition) is 0. The Kier molecular flexibility index (Phi) is 20.0. The van der Waals surface area contributed by atoms with E-state index in [0.29, 0.717) is 0 Å². The molecule has 0 nitrogen and oxygen atoms in total. The zero-order valence-electron chi connectivity index (χ0n) is 24.1. The molecule has 0 saturated carbocycles. The molecule has 0 atom stereocenters. The summed E-state index contributed by atoms with van der Waals surface area (Å²) in [6.45, 7) is 11.4. The Morgan fingerprint density at radius 3 is 1.15 bits per heavy atom. The van der Waals surface area contributed by atoms with Gasteiger partial charge >= 0.3 is 21.7 Å². The van der Waals surface area contributed by atoms with Crippen LogP contribution in [-0.4, -0.2) is 9.52 Å². The minimum atomic E-state index is 0. The van der Waals surface area contributed by atoms with Crippen LogP contribution >= 0.6 is 0 Å². The standard InChI is InChI=1S/C12H10Si.2C9H7.2C4H9.Ti/c1-3-7-11(8-4-1)13-12-9-5-2-6-10-12;2*1-2-5-9-7-3-6-8(9)4-1;2*1-3-4-2;/h1-10H;2*1-7H;2*1,3-4H2,2H3;/q;4*-1;+4. The molecular weight excluding hydrogens is 532 g/mol. The van der Waals surface area contributed by atoms with Crippen LogP contribution < -0.4 is 10.4 Å². The monoisotopic (exact) mass is 574 g/mol. The molecule has 6 aromatic rings. The average molecular weight is 575 g/mol. The fraction of sp³-hybridized carbons (Fsp3) is 0.158. The molecule has 0 aromatic heterocycles. The predicted molar refractivity (Wildman–Crippen MR) is 178 cm³/mol. The number of unbranched alkanes of at least 4 members (excludes halogenated alkanes) is 2. The molecule has 0 amide bonds. The maximum atomic E-state index is 3.60. The molecule has 0 spiro atoms. The Morgan fingerprint density at radius 1 is 0.500 bits per heavy atom. The molecule has 0 aliphatic carbocycles. The zero-order chi connectivity index (χ0) is 28.0. The number of hydrogen-bond donors (Lipinski definition) is 0. The third kappa shape index (κ3) is 14.4. The van der Waals surface area contributed by atoms with Gasteiger partial charge in [0.15, 0.2) is 0 Å². The summed E-state index contributed by atoms with van der Waals surface area (Å²) in [6, 6.07) is 50.5. The summed E-state index contributed by atoms with van der Waals surface area (Å²) in [7, 11) is 0.777. The topological polar surface area (TPSA) is 0 Å². The van der Waals surface area contributed by atoms with Gasteiger partial charge in [-0.2, -0.15) is 47.9 Å². The Hall–Kier alpha value is -2.97. The van der Waals surface area contributed by atoms with Crippen LogP contribution in [0.25, 0.3) is 21.5 Å². The Labute approximate surface area is 260 Å². The number of benzene rings is 4. The molecular formula is C38H42SiTi. The smallest absolute Gasteiger partial charge is 0.343 e.